The van der Waals surface area contributed by atoms with E-state index in [9.17, 15) is 9.59 Å². The average Bonchev–Trinajstić information content (AvgIpc) is 3.44. The highest BCUT2D eigenvalue weighted by atomic mass is 32.2. The maximum atomic E-state index is 13.2. The van der Waals surface area contributed by atoms with E-state index >= 15 is 0 Å². The van der Waals surface area contributed by atoms with Crippen molar-refractivity contribution in [2.75, 3.05) is 12.3 Å². The van der Waals surface area contributed by atoms with Crippen LogP contribution in [0.2, 0.25) is 0 Å². The van der Waals surface area contributed by atoms with Crippen LogP contribution in [0.4, 0.5) is 0 Å². The lowest BCUT2D eigenvalue weighted by Crippen LogP contribution is -2.32. The molecule has 3 aromatic rings. The number of carbonyl (C=O) groups is 2. The zero-order valence-corrected chi connectivity index (χ0v) is 18.6. The minimum absolute atomic E-state index is 0.0327. The molecule has 1 aromatic heterocycles. The summed E-state index contributed by atoms with van der Waals surface area (Å²) in [5, 5.41) is 9.53. The molecule has 1 saturated heterocycles. The van der Waals surface area contributed by atoms with E-state index in [0.717, 1.165) is 29.4 Å². The molecule has 0 radical (unpaired) electrons. The molecule has 1 fully saturated rings. The zero-order chi connectivity index (χ0) is 21.8. The van der Waals surface area contributed by atoms with E-state index in [1.54, 1.807) is 0 Å². The monoisotopic (exact) mass is 434 g/mol. The lowest BCUT2D eigenvalue weighted by molar-refractivity contribution is 0.0726. The van der Waals surface area contributed by atoms with Crippen LogP contribution < -0.4 is 0 Å². The highest BCUT2D eigenvalue weighted by Crippen LogP contribution is 2.34. The van der Waals surface area contributed by atoms with Crippen LogP contribution in [0.5, 0.6) is 0 Å². The second kappa shape index (κ2) is 9.47. The standard InChI is InChI=1S/C24H26N4O2S/c1-3-27-22(25-26-24(27)31-16-21(29)18-10-5-4-6-11-18)20-13-8-14-28(20)23(30)19-12-7-9-17(2)15-19/h4-7,9-12,15,20H,3,8,13-14,16H2,1-2H3. The number of aromatic nitrogens is 3. The maximum absolute atomic E-state index is 13.2. The Morgan fingerprint density at radius 2 is 1.84 bits per heavy atom. The van der Waals surface area contributed by atoms with Gasteiger partial charge in [-0.05, 0) is 38.8 Å². The second-order valence-electron chi connectivity index (χ2n) is 7.69. The maximum Gasteiger partial charge on any atom is 0.254 e. The summed E-state index contributed by atoms with van der Waals surface area (Å²) in [7, 11) is 0. The van der Waals surface area contributed by atoms with Crippen molar-refractivity contribution in [1.82, 2.24) is 19.7 Å². The van der Waals surface area contributed by atoms with Gasteiger partial charge in [0, 0.05) is 24.2 Å². The Bertz CT molecular complexity index is 1080. The molecule has 0 saturated carbocycles. The zero-order valence-electron chi connectivity index (χ0n) is 17.8. The van der Waals surface area contributed by atoms with Gasteiger partial charge >= 0.3 is 0 Å². The predicted octanol–water partition coefficient (Wildman–Crippen LogP) is 4.56. The van der Waals surface area contributed by atoms with Crippen molar-refractivity contribution in [2.45, 2.75) is 44.4 Å². The van der Waals surface area contributed by atoms with Gasteiger partial charge in [-0.1, -0.05) is 59.8 Å². The van der Waals surface area contributed by atoms with E-state index in [0.29, 0.717) is 30.0 Å². The number of rotatable bonds is 7. The quantitative estimate of drug-likeness (QED) is 0.403. The van der Waals surface area contributed by atoms with Gasteiger partial charge in [0.05, 0.1) is 11.8 Å². The van der Waals surface area contributed by atoms with Gasteiger partial charge in [0.1, 0.15) is 0 Å². The third-order valence-electron chi connectivity index (χ3n) is 5.57. The number of hydrogen-bond acceptors (Lipinski definition) is 5. The molecule has 0 bridgehead atoms. The molecule has 0 aliphatic carbocycles. The van der Waals surface area contributed by atoms with E-state index in [-0.39, 0.29) is 17.7 Å². The molecule has 0 spiro atoms. The molecule has 2 heterocycles. The molecule has 1 aliphatic rings. The summed E-state index contributed by atoms with van der Waals surface area (Å²) in [6.45, 7) is 5.43. The summed E-state index contributed by atoms with van der Waals surface area (Å²) in [4.78, 5) is 27.6. The number of carbonyl (C=O) groups excluding carboxylic acids is 2. The third kappa shape index (κ3) is 4.56. The number of benzene rings is 2. The van der Waals surface area contributed by atoms with Crippen molar-refractivity contribution < 1.29 is 9.59 Å². The van der Waals surface area contributed by atoms with Crippen molar-refractivity contribution in [3.8, 4) is 0 Å². The number of amides is 1. The van der Waals surface area contributed by atoms with Crippen LogP contribution in [0, 0.1) is 6.92 Å². The van der Waals surface area contributed by atoms with Crippen molar-refractivity contribution in [3.63, 3.8) is 0 Å². The fourth-order valence-electron chi connectivity index (χ4n) is 4.01. The third-order valence-corrected chi connectivity index (χ3v) is 6.53. The van der Waals surface area contributed by atoms with Gasteiger partial charge in [0.2, 0.25) is 0 Å². The normalized spacial score (nSPS) is 15.9. The number of ketones is 1. The smallest absolute Gasteiger partial charge is 0.254 e. The first kappa shape index (κ1) is 21.3. The van der Waals surface area contributed by atoms with E-state index in [2.05, 4.69) is 10.2 Å². The van der Waals surface area contributed by atoms with Gasteiger partial charge < -0.3 is 9.47 Å². The summed E-state index contributed by atoms with van der Waals surface area (Å²) < 4.78 is 2.04. The van der Waals surface area contributed by atoms with Crippen molar-refractivity contribution in [3.05, 3.63) is 77.1 Å². The van der Waals surface area contributed by atoms with Crippen LogP contribution in [-0.4, -0.2) is 43.7 Å². The first-order valence-electron chi connectivity index (χ1n) is 10.6. The minimum atomic E-state index is -0.0976. The highest BCUT2D eigenvalue weighted by molar-refractivity contribution is 7.99. The fraction of sp³-hybridized carbons (Fsp3) is 0.333. The van der Waals surface area contributed by atoms with Crippen LogP contribution in [-0.2, 0) is 6.54 Å². The average molecular weight is 435 g/mol. The van der Waals surface area contributed by atoms with Crippen LogP contribution in [0.1, 0.15) is 57.9 Å². The lowest BCUT2D eigenvalue weighted by atomic mass is 10.1. The van der Waals surface area contributed by atoms with Gasteiger partial charge in [0.15, 0.2) is 16.8 Å². The minimum Gasteiger partial charge on any atom is -0.328 e. The van der Waals surface area contributed by atoms with Crippen LogP contribution in [0.15, 0.2) is 59.8 Å². The van der Waals surface area contributed by atoms with Gasteiger partial charge in [-0.25, -0.2) is 0 Å². The fourth-order valence-corrected chi connectivity index (χ4v) is 4.91. The summed E-state index contributed by atoms with van der Waals surface area (Å²) in [5.74, 6) is 1.20. The molecule has 7 heteroatoms. The molecule has 1 unspecified atom stereocenters. The van der Waals surface area contributed by atoms with Crippen LogP contribution >= 0.6 is 11.8 Å². The van der Waals surface area contributed by atoms with Crippen molar-refractivity contribution >= 4 is 23.5 Å². The Kier molecular flexibility index (Phi) is 6.51. The van der Waals surface area contributed by atoms with Crippen molar-refractivity contribution in [1.29, 1.82) is 0 Å². The summed E-state index contributed by atoms with van der Waals surface area (Å²) >= 11 is 1.40. The number of thioether (sulfide) groups is 1. The molecule has 4 rings (SSSR count). The Morgan fingerprint density at radius 1 is 1.06 bits per heavy atom. The van der Waals surface area contributed by atoms with Crippen LogP contribution in [0.25, 0.3) is 0 Å². The van der Waals surface area contributed by atoms with Gasteiger partial charge in [-0.15, -0.1) is 10.2 Å². The van der Waals surface area contributed by atoms with E-state index in [1.165, 1.54) is 11.8 Å². The number of Topliss-reactive ketones (excluding diaryl/α,β-unsaturated/α-hetero) is 1. The molecule has 0 N–H and O–H groups in total. The molecule has 1 amide bonds. The van der Waals surface area contributed by atoms with Crippen molar-refractivity contribution in [2.24, 2.45) is 0 Å². The Hall–Kier alpha value is -2.93. The molecule has 1 aliphatic heterocycles. The topological polar surface area (TPSA) is 68.1 Å². The van der Waals surface area contributed by atoms with Gasteiger partial charge in [0.25, 0.3) is 5.91 Å². The van der Waals surface area contributed by atoms with E-state index in [1.807, 2.05) is 77.9 Å². The Labute approximate surface area is 186 Å². The molecule has 6 nitrogen and oxygen atoms in total. The summed E-state index contributed by atoms with van der Waals surface area (Å²) in [6.07, 6.45) is 1.80. The number of hydrogen-bond donors (Lipinski definition) is 0. The van der Waals surface area contributed by atoms with Gasteiger partial charge in [-0.3, -0.25) is 9.59 Å². The number of nitrogens with zero attached hydrogens (tertiary/aromatic N) is 4. The highest BCUT2D eigenvalue weighted by Gasteiger charge is 2.34. The largest absolute Gasteiger partial charge is 0.328 e. The SMILES string of the molecule is CCn1c(SCC(=O)c2ccccc2)nnc1C1CCCN1C(=O)c1cccc(C)c1. The summed E-state index contributed by atoms with van der Waals surface area (Å²) in [6, 6.07) is 16.9. The second-order valence-corrected chi connectivity index (χ2v) is 8.63. The molecule has 160 valence electrons. The first-order chi connectivity index (χ1) is 15.1. The predicted molar refractivity (Wildman–Crippen MR) is 121 cm³/mol. The number of likely N-dealkylation sites (tertiary alicyclic amines) is 1. The molecular weight excluding hydrogens is 408 g/mol. The Balaban J connectivity index is 1.52. The van der Waals surface area contributed by atoms with Gasteiger partial charge in [-0.2, -0.15) is 0 Å². The molecule has 1 atom stereocenters. The molecule has 31 heavy (non-hydrogen) atoms. The Morgan fingerprint density at radius 3 is 2.58 bits per heavy atom. The molecular formula is C24H26N4O2S. The summed E-state index contributed by atoms with van der Waals surface area (Å²) in [5.41, 5.74) is 2.47. The molecule has 2 aromatic carbocycles. The van der Waals surface area contributed by atoms with Crippen LogP contribution in [0.3, 0.4) is 0 Å². The number of aryl methyl sites for hydroxylation is 1. The first-order valence-corrected chi connectivity index (χ1v) is 11.6. The lowest BCUT2D eigenvalue weighted by Gasteiger charge is -2.24. The van der Waals surface area contributed by atoms with E-state index in [4.69, 9.17) is 0 Å². The van der Waals surface area contributed by atoms with E-state index < -0.39 is 0 Å².